The Kier molecular flexibility index (Phi) is 5.11. The standard InChI is InChI=1S/C20H17FIN3O2/c21-17-9-16(20(26)27-11-13-1-2-13)18(10-19(17)25-8-7-23-12-25)24-15-5-3-14(22)4-6-15/h3-10,12-13,24H,1-2,11H2. The van der Waals surface area contributed by atoms with Gasteiger partial charge in [0.05, 0.1) is 29.9 Å². The number of anilines is 2. The highest BCUT2D eigenvalue weighted by atomic mass is 127. The van der Waals surface area contributed by atoms with Gasteiger partial charge in [0.25, 0.3) is 0 Å². The van der Waals surface area contributed by atoms with Gasteiger partial charge in [-0.25, -0.2) is 14.2 Å². The number of benzene rings is 2. The number of carbonyl (C=O) groups excluding carboxylic acids is 1. The first-order valence-corrected chi connectivity index (χ1v) is 9.69. The van der Waals surface area contributed by atoms with Crippen molar-refractivity contribution in [2.24, 2.45) is 5.92 Å². The van der Waals surface area contributed by atoms with Gasteiger partial charge < -0.3 is 14.6 Å². The molecule has 0 bridgehead atoms. The normalized spacial score (nSPS) is 13.4. The Balaban J connectivity index is 1.70. The van der Waals surface area contributed by atoms with Gasteiger partial charge in [0.1, 0.15) is 5.82 Å². The van der Waals surface area contributed by atoms with Gasteiger partial charge in [0, 0.05) is 21.7 Å². The van der Waals surface area contributed by atoms with Crippen LogP contribution < -0.4 is 5.32 Å². The van der Waals surface area contributed by atoms with E-state index in [1.165, 1.54) is 12.4 Å². The maximum atomic E-state index is 14.7. The predicted octanol–water partition coefficient (Wildman–Crippen LogP) is 4.93. The molecule has 4 rings (SSSR count). The number of imidazole rings is 1. The van der Waals surface area contributed by atoms with Crippen molar-refractivity contribution in [1.29, 1.82) is 0 Å². The van der Waals surface area contributed by atoms with Crippen LogP contribution in [0.1, 0.15) is 23.2 Å². The molecule has 138 valence electrons. The van der Waals surface area contributed by atoms with Crippen LogP contribution in [0.15, 0.2) is 55.1 Å². The van der Waals surface area contributed by atoms with Crippen molar-refractivity contribution < 1.29 is 13.9 Å². The lowest BCUT2D eigenvalue weighted by molar-refractivity contribution is 0.0487. The fraction of sp³-hybridized carbons (Fsp3) is 0.200. The Labute approximate surface area is 169 Å². The maximum Gasteiger partial charge on any atom is 0.340 e. The second-order valence-electron chi connectivity index (χ2n) is 6.49. The summed E-state index contributed by atoms with van der Waals surface area (Å²) < 4.78 is 22.7. The van der Waals surface area contributed by atoms with Crippen LogP contribution in [-0.2, 0) is 4.74 Å². The highest BCUT2D eigenvalue weighted by Crippen LogP contribution is 2.31. The van der Waals surface area contributed by atoms with E-state index in [1.807, 2.05) is 24.3 Å². The molecule has 0 amide bonds. The number of esters is 1. The summed E-state index contributed by atoms with van der Waals surface area (Å²) in [5, 5.41) is 3.21. The van der Waals surface area contributed by atoms with E-state index in [0.717, 1.165) is 22.1 Å². The summed E-state index contributed by atoms with van der Waals surface area (Å²) in [5.41, 5.74) is 1.77. The first kappa shape index (κ1) is 18.0. The van der Waals surface area contributed by atoms with Gasteiger partial charge in [-0.1, -0.05) is 0 Å². The van der Waals surface area contributed by atoms with E-state index in [1.54, 1.807) is 23.0 Å². The minimum atomic E-state index is -0.522. The summed E-state index contributed by atoms with van der Waals surface area (Å²) in [6, 6.07) is 10.5. The van der Waals surface area contributed by atoms with E-state index in [-0.39, 0.29) is 5.56 Å². The third-order valence-electron chi connectivity index (χ3n) is 4.36. The van der Waals surface area contributed by atoms with Crippen LogP contribution in [-0.4, -0.2) is 22.1 Å². The highest BCUT2D eigenvalue weighted by molar-refractivity contribution is 14.1. The first-order chi connectivity index (χ1) is 13.1. The van der Waals surface area contributed by atoms with Crippen LogP contribution in [0, 0.1) is 15.3 Å². The molecular weight excluding hydrogens is 460 g/mol. The molecule has 0 aliphatic heterocycles. The molecule has 2 aromatic carbocycles. The summed E-state index contributed by atoms with van der Waals surface area (Å²) in [5.74, 6) is -0.595. The second kappa shape index (κ2) is 7.67. The molecule has 5 nitrogen and oxygen atoms in total. The number of halogens is 2. The van der Waals surface area contributed by atoms with E-state index >= 15 is 0 Å². The van der Waals surface area contributed by atoms with Gasteiger partial charge in [0.2, 0.25) is 0 Å². The summed E-state index contributed by atoms with van der Waals surface area (Å²) >= 11 is 2.22. The third-order valence-corrected chi connectivity index (χ3v) is 5.08. The SMILES string of the molecule is O=C(OCC1CC1)c1cc(F)c(-n2ccnc2)cc1Nc1ccc(I)cc1. The molecule has 0 radical (unpaired) electrons. The molecule has 1 fully saturated rings. The number of aromatic nitrogens is 2. The third kappa shape index (κ3) is 4.29. The molecule has 1 heterocycles. The van der Waals surface area contributed by atoms with Crippen molar-refractivity contribution in [2.75, 3.05) is 11.9 Å². The van der Waals surface area contributed by atoms with Gasteiger partial charge in [-0.05, 0) is 77.7 Å². The smallest absolute Gasteiger partial charge is 0.340 e. The topological polar surface area (TPSA) is 56.2 Å². The van der Waals surface area contributed by atoms with Crippen molar-refractivity contribution in [3.05, 3.63) is 70.1 Å². The van der Waals surface area contributed by atoms with Gasteiger partial charge in [0.15, 0.2) is 0 Å². The molecule has 1 aliphatic carbocycles. The molecular formula is C20H17FIN3O2. The lowest BCUT2D eigenvalue weighted by Gasteiger charge is -2.15. The molecule has 0 spiro atoms. The highest BCUT2D eigenvalue weighted by Gasteiger charge is 2.25. The zero-order chi connectivity index (χ0) is 18.8. The van der Waals surface area contributed by atoms with Crippen molar-refractivity contribution >= 4 is 39.9 Å². The van der Waals surface area contributed by atoms with Gasteiger partial charge in [-0.2, -0.15) is 0 Å². The molecule has 0 saturated heterocycles. The molecule has 1 aliphatic rings. The average molecular weight is 477 g/mol. The number of rotatable bonds is 6. The number of ether oxygens (including phenoxy) is 1. The number of nitrogens with zero attached hydrogens (tertiary/aromatic N) is 2. The number of nitrogens with one attached hydrogen (secondary N) is 1. The number of hydrogen-bond acceptors (Lipinski definition) is 4. The Hall–Kier alpha value is -2.42. The Morgan fingerprint density at radius 1 is 1.30 bits per heavy atom. The zero-order valence-corrected chi connectivity index (χ0v) is 16.5. The van der Waals surface area contributed by atoms with Crippen LogP contribution in [0.25, 0.3) is 5.69 Å². The monoisotopic (exact) mass is 477 g/mol. The van der Waals surface area contributed by atoms with Crippen LogP contribution >= 0.6 is 22.6 Å². The van der Waals surface area contributed by atoms with Crippen molar-refractivity contribution in [1.82, 2.24) is 9.55 Å². The van der Waals surface area contributed by atoms with Crippen LogP contribution in [0.3, 0.4) is 0 Å². The minimum absolute atomic E-state index is 0.176. The van der Waals surface area contributed by atoms with Crippen molar-refractivity contribution in [3.8, 4) is 5.69 Å². The summed E-state index contributed by atoms with van der Waals surface area (Å²) in [4.78, 5) is 16.5. The average Bonchev–Trinajstić information content (AvgIpc) is 3.34. The fourth-order valence-electron chi connectivity index (χ4n) is 2.68. The molecule has 1 aromatic heterocycles. The molecule has 7 heteroatoms. The first-order valence-electron chi connectivity index (χ1n) is 8.62. The zero-order valence-electron chi connectivity index (χ0n) is 14.4. The molecule has 1 N–H and O–H groups in total. The molecule has 3 aromatic rings. The fourth-order valence-corrected chi connectivity index (χ4v) is 3.04. The van der Waals surface area contributed by atoms with Crippen LogP contribution in [0.4, 0.5) is 15.8 Å². The summed E-state index contributed by atoms with van der Waals surface area (Å²) in [7, 11) is 0. The van der Waals surface area contributed by atoms with E-state index in [2.05, 4.69) is 32.9 Å². The Morgan fingerprint density at radius 3 is 2.74 bits per heavy atom. The number of carbonyl (C=O) groups is 1. The lowest BCUT2D eigenvalue weighted by Crippen LogP contribution is -2.12. The van der Waals surface area contributed by atoms with E-state index < -0.39 is 11.8 Å². The molecule has 1 saturated carbocycles. The van der Waals surface area contributed by atoms with E-state index in [0.29, 0.717) is 23.9 Å². The molecule has 0 unspecified atom stereocenters. The van der Waals surface area contributed by atoms with Gasteiger partial charge in [-0.15, -0.1) is 0 Å². The summed E-state index contributed by atoms with van der Waals surface area (Å²) in [6.07, 6.45) is 6.89. The van der Waals surface area contributed by atoms with Crippen molar-refractivity contribution in [3.63, 3.8) is 0 Å². The second-order valence-corrected chi connectivity index (χ2v) is 7.74. The predicted molar refractivity (Wildman–Crippen MR) is 109 cm³/mol. The van der Waals surface area contributed by atoms with Crippen molar-refractivity contribution in [2.45, 2.75) is 12.8 Å². The van der Waals surface area contributed by atoms with Gasteiger partial charge in [-0.3, -0.25) is 0 Å². The van der Waals surface area contributed by atoms with E-state index in [4.69, 9.17) is 4.74 Å². The molecule has 0 atom stereocenters. The van der Waals surface area contributed by atoms with Crippen LogP contribution in [0.2, 0.25) is 0 Å². The summed E-state index contributed by atoms with van der Waals surface area (Å²) in [6.45, 7) is 0.382. The van der Waals surface area contributed by atoms with Gasteiger partial charge >= 0.3 is 5.97 Å². The minimum Gasteiger partial charge on any atom is -0.462 e. The maximum absolute atomic E-state index is 14.7. The molecule has 27 heavy (non-hydrogen) atoms. The Bertz CT molecular complexity index is 954. The van der Waals surface area contributed by atoms with E-state index in [9.17, 15) is 9.18 Å². The van der Waals surface area contributed by atoms with Crippen LogP contribution in [0.5, 0.6) is 0 Å². The Morgan fingerprint density at radius 2 is 2.07 bits per heavy atom. The number of hydrogen-bond donors (Lipinski definition) is 1. The quantitative estimate of drug-likeness (QED) is 0.405. The largest absolute Gasteiger partial charge is 0.462 e. The lowest BCUT2D eigenvalue weighted by atomic mass is 10.1.